The van der Waals surface area contributed by atoms with E-state index in [1.807, 2.05) is 32.0 Å². The highest BCUT2D eigenvalue weighted by molar-refractivity contribution is 5.96. The van der Waals surface area contributed by atoms with Crippen molar-refractivity contribution in [3.05, 3.63) is 29.3 Å². The molecule has 0 fully saturated rings. The third-order valence-electron chi connectivity index (χ3n) is 2.19. The zero-order chi connectivity index (χ0) is 12.1. The van der Waals surface area contributed by atoms with E-state index in [0.29, 0.717) is 0 Å². The van der Waals surface area contributed by atoms with Crippen molar-refractivity contribution in [3.63, 3.8) is 0 Å². The summed E-state index contributed by atoms with van der Waals surface area (Å²) < 4.78 is 0. The number of aryl methyl sites for hydroxylation is 2. The van der Waals surface area contributed by atoms with Crippen LogP contribution in [-0.4, -0.2) is 12.0 Å². The number of para-hydroxylation sites is 1. The van der Waals surface area contributed by atoms with Gasteiger partial charge in [0.25, 0.3) is 0 Å². The first-order valence-electron chi connectivity index (χ1n) is 5.03. The lowest BCUT2D eigenvalue weighted by molar-refractivity contribution is 0.253. The van der Waals surface area contributed by atoms with E-state index in [2.05, 4.69) is 10.3 Å². The number of guanidine groups is 1. The van der Waals surface area contributed by atoms with Crippen molar-refractivity contribution in [1.29, 1.82) is 0 Å². The Balaban J connectivity index is 3.08. The second-order valence-electron chi connectivity index (χ2n) is 3.42. The molecule has 0 aliphatic heterocycles. The van der Waals surface area contributed by atoms with Crippen molar-refractivity contribution < 1.29 is 4.79 Å². The lowest BCUT2D eigenvalue weighted by Crippen LogP contribution is -2.40. The van der Waals surface area contributed by atoms with Crippen LogP contribution in [0.2, 0.25) is 0 Å². The molecule has 1 aromatic carbocycles. The van der Waals surface area contributed by atoms with E-state index >= 15 is 0 Å². The van der Waals surface area contributed by atoms with Gasteiger partial charge in [0, 0.05) is 0 Å². The van der Waals surface area contributed by atoms with Crippen LogP contribution in [0.5, 0.6) is 0 Å². The van der Waals surface area contributed by atoms with Gasteiger partial charge in [0.2, 0.25) is 5.96 Å². The lowest BCUT2D eigenvalue weighted by Gasteiger charge is -2.07. The van der Waals surface area contributed by atoms with Gasteiger partial charge in [0.15, 0.2) is 0 Å². The maximum absolute atomic E-state index is 10.6. The van der Waals surface area contributed by atoms with Crippen LogP contribution >= 0.6 is 0 Å². The summed E-state index contributed by atoms with van der Waals surface area (Å²) in [6, 6.07) is 5.16. The normalized spacial score (nSPS) is 11.2. The highest BCUT2D eigenvalue weighted by Gasteiger charge is 2.04. The number of nitrogens with one attached hydrogen (secondary N) is 1. The van der Waals surface area contributed by atoms with Gasteiger partial charge < -0.3 is 11.5 Å². The van der Waals surface area contributed by atoms with E-state index in [1.165, 1.54) is 0 Å². The second kappa shape index (κ2) is 5.16. The third kappa shape index (κ3) is 2.98. The van der Waals surface area contributed by atoms with Crippen molar-refractivity contribution >= 4 is 17.7 Å². The summed E-state index contributed by atoms with van der Waals surface area (Å²) in [6.45, 7) is 3.97. The summed E-state index contributed by atoms with van der Waals surface area (Å²) in [6.07, 6.45) is 0.852. The summed E-state index contributed by atoms with van der Waals surface area (Å²) in [5.74, 6) is 0.0106. The summed E-state index contributed by atoms with van der Waals surface area (Å²) >= 11 is 0. The first-order chi connectivity index (χ1) is 7.54. The monoisotopic (exact) mass is 220 g/mol. The second-order valence-corrected chi connectivity index (χ2v) is 3.42. The van der Waals surface area contributed by atoms with Crippen molar-refractivity contribution in [2.45, 2.75) is 20.3 Å². The number of primary amides is 1. The predicted octanol–water partition coefficient (Wildman–Crippen LogP) is 1.17. The van der Waals surface area contributed by atoms with Gasteiger partial charge >= 0.3 is 6.03 Å². The zero-order valence-electron chi connectivity index (χ0n) is 9.45. The molecule has 0 aliphatic carbocycles. The van der Waals surface area contributed by atoms with Crippen LogP contribution in [0.4, 0.5) is 10.5 Å². The minimum absolute atomic E-state index is 0.0106. The molecule has 0 saturated heterocycles. The quantitative estimate of drug-likeness (QED) is 0.515. The Morgan fingerprint density at radius 3 is 2.69 bits per heavy atom. The fourth-order valence-corrected chi connectivity index (χ4v) is 1.44. The summed E-state index contributed by atoms with van der Waals surface area (Å²) in [5, 5.41) is 2.24. The van der Waals surface area contributed by atoms with Crippen LogP contribution in [-0.2, 0) is 6.42 Å². The molecular formula is C11H16N4O. The van der Waals surface area contributed by atoms with E-state index in [9.17, 15) is 4.79 Å². The van der Waals surface area contributed by atoms with Crippen LogP contribution in [0.15, 0.2) is 23.2 Å². The van der Waals surface area contributed by atoms with E-state index in [0.717, 1.165) is 23.2 Å². The van der Waals surface area contributed by atoms with E-state index in [-0.39, 0.29) is 5.96 Å². The summed E-state index contributed by atoms with van der Waals surface area (Å²) in [7, 11) is 0. The Morgan fingerprint density at radius 1 is 1.44 bits per heavy atom. The van der Waals surface area contributed by atoms with Gasteiger partial charge in [-0.15, -0.1) is 0 Å². The molecule has 5 nitrogen and oxygen atoms in total. The minimum atomic E-state index is -0.715. The molecule has 0 bridgehead atoms. The SMILES string of the molecule is CCc1cccc(C)c1N=C(N)NC(N)=O. The van der Waals surface area contributed by atoms with Crippen LogP contribution in [0.1, 0.15) is 18.1 Å². The molecular weight excluding hydrogens is 204 g/mol. The Kier molecular flexibility index (Phi) is 3.88. The Bertz CT molecular complexity index is 426. The smallest absolute Gasteiger partial charge is 0.318 e. The van der Waals surface area contributed by atoms with E-state index < -0.39 is 6.03 Å². The minimum Gasteiger partial charge on any atom is -0.369 e. The van der Waals surface area contributed by atoms with Crippen LogP contribution in [0, 0.1) is 6.92 Å². The summed E-state index contributed by atoms with van der Waals surface area (Å²) in [4.78, 5) is 14.7. The predicted molar refractivity (Wildman–Crippen MR) is 64.6 cm³/mol. The van der Waals surface area contributed by atoms with Crippen LogP contribution in [0.25, 0.3) is 0 Å². The van der Waals surface area contributed by atoms with E-state index in [1.54, 1.807) is 0 Å². The van der Waals surface area contributed by atoms with Crippen LogP contribution < -0.4 is 16.8 Å². The highest BCUT2D eigenvalue weighted by Crippen LogP contribution is 2.23. The highest BCUT2D eigenvalue weighted by atomic mass is 16.2. The van der Waals surface area contributed by atoms with Gasteiger partial charge in [-0.2, -0.15) is 0 Å². The molecule has 0 saturated carbocycles. The number of nitrogens with two attached hydrogens (primary N) is 2. The van der Waals surface area contributed by atoms with Gasteiger partial charge in [-0.1, -0.05) is 25.1 Å². The van der Waals surface area contributed by atoms with Crippen molar-refractivity contribution in [2.75, 3.05) is 0 Å². The molecule has 0 aromatic heterocycles. The molecule has 5 heteroatoms. The maximum atomic E-state index is 10.6. The van der Waals surface area contributed by atoms with Gasteiger partial charge in [0.1, 0.15) is 0 Å². The Morgan fingerprint density at radius 2 is 2.12 bits per heavy atom. The zero-order valence-corrected chi connectivity index (χ0v) is 9.45. The van der Waals surface area contributed by atoms with Crippen molar-refractivity contribution in [1.82, 2.24) is 5.32 Å². The number of carbonyl (C=O) groups is 1. The molecule has 1 rings (SSSR count). The number of urea groups is 1. The molecule has 1 aromatic rings. The van der Waals surface area contributed by atoms with Crippen molar-refractivity contribution in [2.24, 2.45) is 16.5 Å². The molecule has 86 valence electrons. The average molecular weight is 220 g/mol. The topological polar surface area (TPSA) is 93.5 Å². The number of amides is 2. The number of aliphatic imine (C=N–C) groups is 1. The fraction of sp³-hybridized carbons (Fsp3) is 0.273. The molecule has 2 amide bonds. The molecule has 0 radical (unpaired) electrons. The fourth-order valence-electron chi connectivity index (χ4n) is 1.44. The lowest BCUT2D eigenvalue weighted by atomic mass is 10.1. The third-order valence-corrected chi connectivity index (χ3v) is 2.19. The largest absolute Gasteiger partial charge is 0.369 e. The number of hydrogen-bond acceptors (Lipinski definition) is 2. The van der Waals surface area contributed by atoms with Gasteiger partial charge in [-0.3, -0.25) is 5.32 Å². The molecule has 0 unspecified atom stereocenters. The number of rotatable bonds is 2. The standard InChI is InChI=1S/C11H16N4O/c1-3-8-6-4-5-7(2)9(8)14-10(12)15-11(13)16/h4-6H,3H2,1-2H3,(H5,12,13,14,15,16). The molecule has 16 heavy (non-hydrogen) atoms. The maximum Gasteiger partial charge on any atom is 0.318 e. The van der Waals surface area contributed by atoms with Gasteiger partial charge in [-0.25, -0.2) is 9.79 Å². The van der Waals surface area contributed by atoms with Crippen molar-refractivity contribution in [3.8, 4) is 0 Å². The number of hydrogen-bond donors (Lipinski definition) is 3. The van der Waals surface area contributed by atoms with Gasteiger partial charge in [0.05, 0.1) is 5.69 Å². The number of nitrogens with zero attached hydrogens (tertiary/aromatic N) is 1. The number of benzene rings is 1. The Labute approximate surface area is 94.5 Å². The Hall–Kier alpha value is -2.04. The first kappa shape index (κ1) is 12.0. The van der Waals surface area contributed by atoms with Crippen LogP contribution in [0.3, 0.4) is 0 Å². The van der Waals surface area contributed by atoms with E-state index in [4.69, 9.17) is 11.5 Å². The average Bonchev–Trinajstić information content (AvgIpc) is 2.20. The van der Waals surface area contributed by atoms with Gasteiger partial charge in [-0.05, 0) is 24.5 Å². The number of carbonyl (C=O) groups excluding carboxylic acids is 1. The molecule has 0 heterocycles. The molecule has 5 N–H and O–H groups in total. The molecule has 0 atom stereocenters. The molecule has 0 aliphatic rings. The molecule has 0 spiro atoms. The first-order valence-corrected chi connectivity index (χ1v) is 5.03. The summed E-state index contributed by atoms with van der Waals surface area (Å²) in [5.41, 5.74) is 13.4.